The molecule has 2 aromatic carbocycles. The van der Waals surface area contributed by atoms with Gasteiger partial charge in [-0.2, -0.15) is 8.78 Å². The van der Waals surface area contributed by atoms with Gasteiger partial charge in [0.2, 0.25) is 5.91 Å². The number of nitrogens with one attached hydrogen (secondary N) is 1. The molecule has 214 valence electrons. The quantitative estimate of drug-likeness (QED) is 0.296. The zero-order chi connectivity index (χ0) is 29.2. The van der Waals surface area contributed by atoms with Crippen molar-refractivity contribution in [1.29, 1.82) is 0 Å². The Kier molecular flexibility index (Phi) is 8.50. The third-order valence-electron chi connectivity index (χ3n) is 6.84. The van der Waals surface area contributed by atoms with Gasteiger partial charge in [-0.15, -0.1) is 0 Å². The van der Waals surface area contributed by atoms with E-state index < -0.39 is 49.1 Å². The molecular weight excluding hydrogens is 567 g/mol. The van der Waals surface area contributed by atoms with E-state index in [0.29, 0.717) is 31.7 Å². The zero-order valence-corrected chi connectivity index (χ0v) is 23.4. The highest BCUT2D eigenvalue weighted by atomic mass is 35.5. The number of hydrogen-bond acceptors (Lipinski definition) is 7. The largest absolute Gasteiger partial charge is 0.396 e. The normalized spacial score (nSPS) is 15.2. The number of hydrogen-bond donors (Lipinski definition) is 2. The minimum atomic E-state index is -3.85. The van der Waals surface area contributed by atoms with E-state index in [-0.39, 0.29) is 17.9 Å². The minimum Gasteiger partial charge on any atom is -0.396 e. The lowest BCUT2D eigenvalue weighted by atomic mass is 9.98. The van der Waals surface area contributed by atoms with Crippen LogP contribution >= 0.6 is 11.6 Å². The topological polar surface area (TPSA) is 109 Å². The molecular formula is C27H29ClF3N5O3S. The number of sulfone groups is 1. The highest BCUT2D eigenvalue weighted by molar-refractivity contribution is 7.90. The van der Waals surface area contributed by atoms with E-state index >= 15 is 0 Å². The predicted octanol–water partition coefficient (Wildman–Crippen LogP) is 4.24. The van der Waals surface area contributed by atoms with E-state index in [1.54, 1.807) is 0 Å². The molecule has 1 aromatic heterocycles. The van der Waals surface area contributed by atoms with Crippen molar-refractivity contribution >= 4 is 44.5 Å². The van der Waals surface area contributed by atoms with Crippen LogP contribution in [0.2, 0.25) is 0 Å². The van der Waals surface area contributed by atoms with E-state index in [4.69, 9.17) is 17.3 Å². The molecule has 13 heteroatoms. The Hall–Kier alpha value is -3.51. The number of aromatic nitrogens is 1. The number of pyridine rings is 1. The maximum Gasteiger partial charge on any atom is 0.364 e. The first-order valence-corrected chi connectivity index (χ1v) is 14.7. The number of carbonyl (C=O) groups is 1. The summed E-state index contributed by atoms with van der Waals surface area (Å²) in [7, 11) is -3.85. The number of nitrogens with zero attached hydrogens (tertiary/aromatic N) is 3. The molecule has 1 amide bonds. The van der Waals surface area contributed by atoms with Gasteiger partial charge in [-0.25, -0.2) is 17.8 Å². The number of nitrogens with two attached hydrogens (primary N) is 1. The maximum atomic E-state index is 14.6. The van der Waals surface area contributed by atoms with Crippen LogP contribution in [0.4, 0.5) is 30.4 Å². The van der Waals surface area contributed by atoms with E-state index in [1.807, 2.05) is 35.2 Å². The highest BCUT2D eigenvalue weighted by Gasteiger charge is 2.32. The van der Waals surface area contributed by atoms with Crippen LogP contribution in [0.25, 0.3) is 0 Å². The fourth-order valence-electron chi connectivity index (χ4n) is 4.59. The van der Waals surface area contributed by atoms with Crippen molar-refractivity contribution in [2.75, 3.05) is 48.0 Å². The van der Waals surface area contributed by atoms with Crippen LogP contribution in [0.1, 0.15) is 29.7 Å². The maximum absolute atomic E-state index is 14.6. The van der Waals surface area contributed by atoms with Crippen LogP contribution in [0, 0.1) is 5.82 Å². The Morgan fingerprint density at radius 3 is 2.30 bits per heavy atom. The van der Waals surface area contributed by atoms with Crippen molar-refractivity contribution in [1.82, 2.24) is 10.3 Å². The first-order valence-electron chi connectivity index (χ1n) is 12.4. The van der Waals surface area contributed by atoms with Crippen LogP contribution < -0.4 is 20.9 Å². The van der Waals surface area contributed by atoms with Gasteiger partial charge in [0.25, 0.3) is 0 Å². The lowest BCUT2D eigenvalue weighted by molar-refractivity contribution is -0.122. The third kappa shape index (κ3) is 6.44. The average Bonchev–Trinajstić information content (AvgIpc) is 2.92. The summed E-state index contributed by atoms with van der Waals surface area (Å²) in [5.74, 6) is -2.29. The van der Waals surface area contributed by atoms with Crippen LogP contribution in [0.5, 0.6) is 0 Å². The second-order valence-electron chi connectivity index (χ2n) is 9.58. The molecule has 1 aliphatic rings. The van der Waals surface area contributed by atoms with Crippen molar-refractivity contribution < 1.29 is 26.4 Å². The fourth-order valence-corrected chi connectivity index (χ4v) is 5.45. The third-order valence-corrected chi connectivity index (χ3v) is 8.15. The van der Waals surface area contributed by atoms with E-state index in [2.05, 4.69) is 15.2 Å². The number of rotatable bonds is 8. The van der Waals surface area contributed by atoms with Crippen molar-refractivity contribution in [3.63, 3.8) is 0 Å². The number of carbonyl (C=O) groups excluding carboxylic acids is 1. The Morgan fingerprint density at radius 1 is 1.07 bits per heavy atom. The van der Waals surface area contributed by atoms with Crippen molar-refractivity contribution in [2.24, 2.45) is 0 Å². The molecule has 1 saturated heterocycles. The molecule has 40 heavy (non-hydrogen) atoms. The van der Waals surface area contributed by atoms with Gasteiger partial charge in [-0.1, -0.05) is 30.3 Å². The first kappa shape index (κ1) is 29.5. The summed E-state index contributed by atoms with van der Waals surface area (Å²) in [5, 5.41) is -0.942. The second-order valence-corrected chi connectivity index (χ2v) is 12.0. The number of nitrogen functional groups attached to an aromatic ring is 1. The van der Waals surface area contributed by atoms with Crippen molar-refractivity contribution in [2.45, 2.75) is 29.7 Å². The molecule has 0 spiro atoms. The lowest BCUT2D eigenvalue weighted by Crippen LogP contribution is -2.47. The molecule has 0 aliphatic carbocycles. The Morgan fingerprint density at radius 2 is 1.70 bits per heavy atom. The number of piperazine rings is 1. The minimum absolute atomic E-state index is 0.0532. The van der Waals surface area contributed by atoms with Gasteiger partial charge < -0.3 is 20.9 Å². The lowest BCUT2D eigenvalue weighted by Gasteiger charge is -2.37. The molecule has 0 radical (unpaired) electrons. The monoisotopic (exact) mass is 595 g/mol. The zero-order valence-electron chi connectivity index (χ0n) is 21.9. The molecule has 8 nitrogen and oxygen atoms in total. The number of amides is 1. The van der Waals surface area contributed by atoms with Gasteiger partial charge in [0.15, 0.2) is 15.7 Å². The number of alkyl halides is 3. The van der Waals surface area contributed by atoms with Crippen LogP contribution in [-0.2, 0) is 26.6 Å². The highest BCUT2D eigenvalue weighted by Crippen LogP contribution is 2.34. The van der Waals surface area contributed by atoms with Crippen LogP contribution in [-0.4, -0.2) is 51.7 Å². The fraction of sp³-hybridized carbons (Fsp3) is 0.333. The standard InChI is InChI=1S/C27H29ClF3N5O3S/c1-17(20-9-10-21(40(2,38)39)23(29)24(20)32)26(37)33-16-18-8-11-22(27(28,30)31)34-25(18)36-14-12-35(13-15-36)19-6-4-3-5-7-19/h3-11,17H,12-16,32H2,1-2H3,(H,33,37). The molecule has 1 unspecified atom stereocenters. The number of benzene rings is 2. The molecule has 3 aromatic rings. The predicted molar refractivity (Wildman–Crippen MR) is 149 cm³/mol. The summed E-state index contributed by atoms with van der Waals surface area (Å²) < 4.78 is 66.0. The summed E-state index contributed by atoms with van der Waals surface area (Å²) in [6.07, 6.45) is 0.860. The first-order chi connectivity index (χ1) is 18.8. The van der Waals surface area contributed by atoms with Gasteiger partial charge in [0.1, 0.15) is 16.4 Å². The molecule has 2 heterocycles. The van der Waals surface area contributed by atoms with Gasteiger partial charge in [0, 0.05) is 50.2 Å². The van der Waals surface area contributed by atoms with E-state index in [9.17, 15) is 26.4 Å². The van der Waals surface area contributed by atoms with Crippen LogP contribution in [0.15, 0.2) is 59.5 Å². The van der Waals surface area contributed by atoms with Gasteiger partial charge in [-0.05, 0) is 48.4 Å². The molecule has 1 aliphatic heterocycles. The summed E-state index contributed by atoms with van der Waals surface area (Å²) in [4.78, 5) is 20.6. The number of para-hydroxylation sites is 1. The molecule has 0 saturated carbocycles. The Balaban J connectivity index is 1.52. The second kappa shape index (κ2) is 11.5. The number of anilines is 3. The molecule has 1 atom stereocenters. The van der Waals surface area contributed by atoms with Crippen molar-refractivity contribution in [3.8, 4) is 0 Å². The molecule has 3 N–H and O–H groups in total. The summed E-state index contributed by atoms with van der Waals surface area (Å²) in [5.41, 5.74) is 6.46. The van der Waals surface area contributed by atoms with Gasteiger partial charge in [-0.3, -0.25) is 4.79 Å². The summed E-state index contributed by atoms with van der Waals surface area (Å²) in [6, 6.07) is 14.7. The Labute approximate surface area is 235 Å². The smallest absolute Gasteiger partial charge is 0.364 e. The van der Waals surface area contributed by atoms with E-state index in [0.717, 1.165) is 24.1 Å². The molecule has 1 fully saturated rings. The van der Waals surface area contributed by atoms with Gasteiger partial charge >= 0.3 is 5.38 Å². The Bertz CT molecular complexity index is 1500. The number of halogens is 4. The summed E-state index contributed by atoms with van der Waals surface area (Å²) >= 11 is 5.26. The van der Waals surface area contributed by atoms with Crippen molar-refractivity contribution in [3.05, 3.63) is 77.2 Å². The van der Waals surface area contributed by atoms with E-state index in [1.165, 1.54) is 19.1 Å². The SMILES string of the molecule is CC(C(=O)NCc1ccc(C(F)(F)Cl)nc1N1CCN(c2ccccc2)CC1)c1ccc(S(C)(=O)=O)c(F)c1N. The van der Waals surface area contributed by atoms with Gasteiger partial charge in [0.05, 0.1) is 11.6 Å². The molecule has 0 bridgehead atoms. The average molecular weight is 596 g/mol. The summed E-state index contributed by atoms with van der Waals surface area (Å²) in [6.45, 7) is 3.70. The van der Waals surface area contributed by atoms with Crippen LogP contribution in [0.3, 0.4) is 0 Å². The molecule has 4 rings (SSSR count).